The van der Waals surface area contributed by atoms with Gasteiger partial charge in [0, 0.05) is 11.1 Å². The van der Waals surface area contributed by atoms with Crippen molar-refractivity contribution < 1.29 is 28.3 Å². The van der Waals surface area contributed by atoms with Crippen molar-refractivity contribution >= 4 is 35.3 Å². The normalized spacial score (nSPS) is 13.9. The molecule has 5 rings (SSSR count). The largest absolute Gasteiger partial charge is 0.465 e. The smallest absolute Gasteiger partial charge is 0.338 e. The maximum absolute atomic E-state index is 13.7. The summed E-state index contributed by atoms with van der Waals surface area (Å²) in [7, 11) is 1.32. The number of nitrogens with zero attached hydrogens (tertiary/aromatic N) is 1. The summed E-state index contributed by atoms with van der Waals surface area (Å²) in [4.78, 5) is 39.3. The van der Waals surface area contributed by atoms with Crippen LogP contribution < -0.4 is 4.90 Å². The zero-order valence-corrected chi connectivity index (χ0v) is 21.4. The van der Waals surface area contributed by atoms with Crippen LogP contribution in [0.5, 0.6) is 0 Å². The monoisotopic (exact) mass is 519 g/mol. The maximum atomic E-state index is 13.7. The van der Waals surface area contributed by atoms with Crippen molar-refractivity contribution in [1.29, 1.82) is 0 Å². The summed E-state index contributed by atoms with van der Waals surface area (Å²) in [5, 5.41) is 0. The first-order chi connectivity index (χ1) is 19.0. The number of esters is 2. The molecular formula is C32H25NO6. The van der Waals surface area contributed by atoms with Crippen molar-refractivity contribution in [3.05, 3.63) is 125 Å². The third-order valence-electron chi connectivity index (χ3n) is 6.18. The van der Waals surface area contributed by atoms with Gasteiger partial charge in [0.15, 0.2) is 0 Å². The highest BCUT2D eigenvalue weighted by Gasteiger charge is 2.31. The summed E-state index contributed by atoms with van der Waals surface area (Å²) >= 11 is 0. The average molecular weight is 520 g/mol. The second-order valence-electron chi connectivity index (χ2n) is 8.68. The Hall–Kier alpha value is -5.17. The van der Waals surface area contributed by atoms with Gasteiger partial charge >= 0.3 is 11.9 Å². The van der Waals surface area contributed by atoms with E-state index < -0.39 is 5.97 Å². The van der Waals surface area contributed by atoms with Crippen molar-refractivity contribution in [1.82, 2.24) is 0 Å². The third kappa shape index (κ3) is 5.29. The van der Waals surface area contributed by atoms with Gasteiger partial charge in [-0.3, -0.25) is 9.69 Å². The van der Waals surface area contributed by atoms with Crippen molar-refractivity contribution in [2.45, 2.75) is 6.92 Å². The van der Waals surface area contributed by atoms with Crippen molar-refractivity contribution in [3.63, 3.8) is 0 Å². The molecule has 0 radical (unpaired) electrons. The van der Waals surface area contributed by atoms with Crippen LogP contribution in [0.25, 0.3) is 23.1 Å². The molecule has 7 nitrogen and oxygen atoms in total. The molecule has 1 aromatic heterocycles. The van der Waals surface area contributed by atoms with E-state index in [0.29, 0.717) is 46.2 Å². The molecule has 1 aliphatic rings. The summed E-state index contributed by atoms with van der Waals surface area (Å²) in [6.07, 6.45) is 3.49. The molecule has 4 aromatic rings. The van der Waals surface area contributed by atoms with Gasteiger partial charge in [0.25, 0.3) is 5.91 Å². The highest BCUT2D eigenvalue weighted by molar-refractivity contribution is 6.23. The van der Waals surface area contributed by atoms with E-state index in [9.17, 15) is 14.4 Å². The van der Waals surface area contributed by atoms with Gasteiger partial charge in [-0.05, 0) is 67.1 Å². The Morgan fingerprint density at radius 2 is 1.62 bits per heavy atom. The topological polar surface area (TPSA) is 86.0 Å². The van der Waals surface area contributed by atoms with Gasteiger partial charge < -0.3 is 13.9 Å². The second-order valence-corrected chi connectivity index (χ2v) is 8.68. The zero-order chi connectivity index (χ0) is 27.4. The van der Waals surface area contributed by atoms with Gasteiger partial charge in [0.05, 0.1) is 36.2 Å². The summed E-state index contributed by atoms with van der Waals surface area (Å²) in [6, 6.07) is 26.8. The van der Waals surface area contributed by atoms with Gasteiger partial charge in [-0.15, -0.1) is 0 Å². The Bertz CT molecular complexity index is 1600. The fourth-order valence-corrected chi connectivity index (χ4v) is 4.31. The molecule has 0 unspecified atom stereocenters. The summed E-state index contributed by atoms with van der Waals surface area (Å²) in [5.41, 5.74) is 4.08. The highest BCUT2D eigenvalue weighted by Crippen LogP contribution is 2.36. The van der Waals surface area contributed by atoms with Crippen LogP contribution in [0, 0.1) is 0 Å². The first-order valence-electron chi connectivity index (χ1n) is 12.4. The number of ether oxygens (including phenoxy) is 2. The number of hydrogen-bond donors (Lipinski definition) is 0. The molecule has 0 saturated heterocycles. The Labute approximate surface area is 225 Å². The average Bonchev–Trinajstić information content (AvgIpc) is 3.58. The van der Waals surface area contributed by atoms with E-state index in [2.05, 4.69) is 0 Å². The number of hydrogen-bond acceptors (Lipinski definition) is 6. The number of carbonyl (C=O) groups excluding carboxylic acids is 3. The number of benzene rings is 3. The maximum Gasteiger partial charge on any atom is 0.338 e. The van der Waals surface area contributed by atoms with Crippen LogP contribution >= 0.6 is 0 Å². The number of furan rings is 1. The SMILES string of the molecule is CCOC(=O)c1ccc(-c2ccc(/C=C3/C=C(c4ccccc4)N(c4cccc(C(=O)OC)c4)C3=O)o2)cc1. The number of methoxy groups -OCH3 is 1. The minimum atomic E-state index is -0.483. The predicted molar refractivity (Wildman–Crippen MR) is 148 cm³/mol. The van der Waals surface area contributed by atoms with Gasteiger partial charge in [-0.1, -0.05) is 48.5 Å². The van der Waals surface area contributed by atoms with E-state index in [4.69, 9.17) is 13.9 Å². The Morgan fingerprint density at radius 1 is 0.846 bits per heavy atom. The van der Waals surface area contributed by atoms with Gasteiger partial charge in [0.2, 0.25) is 0 Å². The lowest BCUT2D eigenvalue weighted by atomic mass is 10.1. The van der Waals surface area contributed by atoms with E-state index in [1.807, 2.05) is 36.4 Å². The molecule has 0 spiro atoms. The molecule has 0 saturated carbocycles. The molecule has 1 aliphatic heterocycles. The molecule has 0 atom stereocenters. The van der Waals surface area contributed by atoms with Crippen LogP contribution in [-0.2, 0) is 14.3 Å². The molecule has 0 aliphatic carbocycles. The van der Waals surface area contributed by atoms with Crippen molar-refractivity contribution in [2.75, 3.05) is 18.6 Å². The van der Waals surface area contributed by atoms with E-state index in [1.165, 1.54) is 7.11 Å². The van der Waals surface area contributed by atoms with Crippen molar-refractivity contribution in [3.8, 4) is 11.3 Å². The molecular weight excluding hydrogens is 494 g/mol. The lowest BCUT2D eigenvalue weighted by Crippen LogP contribution is -2.25. The fourth-order valence-electron chi connectivity index (χ4n) is 4.31. The predicted octanol–water partition coefficient (Wildman–Crippen LogP) is 6.38. The highest BCUT2D eigenvalue weighted by atomic mass is 16.5. The molecule has 0 fully saturated rings. The number of carbonyl (C=O) groups is 3. The number of anilines is 1. The lowest BCUT2D eigenvalue weighted by Gasteiger charge is -2.21. The number of rotatable bonds is 7. The van der Waals surface area contributed by atoms with E-state index >= 15 is 0 Å². The quantitative estimate of drug-likeness (QED) is 0.208. The molecule has 3 aromatic carbocycles. The van der Waals surface area contributed by atoms with Crippen LogP contribution in [0.2, 0.25) is 0 Å². The zero-order valence-electron chi connectivity index (χ0n) is 21.4. The van der Waals surface area contributed by atoms with E-state index in [0.717, 1.165) is 11.1 Å². The van der Waals surface area contributed by atoms with Crippen molar-refractivity contribution in [2.24, 2.45) is 0 Å². The van der Waals surface area contributed by atoms with Crippen LogP contribution in [-0.4, -0.2) is 31.6 Å². The molecule has 194 valence electrons. The number of amides is 1. The minimum Gasteiger partial charge on any atom is -0.465 e. The first-order valence-corrected chi connectivity index (χ1v) is 12.4. The minimum absolute atomic E-state index is 0.257. The molecule has 7 heteroatoms. The van der Waals surface area contributed by atoms with Crippen LogP contribution in [0.1, 0.15) is 39.0 Å². The van der Waals surface area contributed by atoms with Crippen LogP contribution in [0.3, 0.4) is 0 Å². The standard InChI is InChI=1S/C32H25NO6/c1-3-38-32(36)23-14-12-22(13-15-23)29-17-16-27(39-29)19-25-20-28(21-8-5-4-6-9-21)33(30(25)34)26-11-7-10-24(18-26)31(35)37-2/h4-20H,3H2,1-2H3/b25-19-. The molecule has 2 heterocycles. The Kier molecular flexibility index (Phi) is 7.23. The van der Waals surface area contributed by atoms with Gasteiger partial charge in [-0.2, -0.15) is 0 Å². The Balaban J connectivity index is 1.47. The second kappa shape index (κ2) is 11.1. The third-order valence-corrected chi connectivity index (χ3v) is 6.18. The molecule has 1 amide bonds. The van der Waals surface area contributed by atoms with Crippen LogP contribution in [0.15, 0.2) is 107 Å². The van der Waals surface area contributed by atoms with Crippen LogP contribution in [0.4, 0.5) is 5.69 Å². The molecule has 39 heavy (non-hydrogen) atoms. The first kappa shape index (κ1) is 25.5. The van der Waals surface area contributed by atoms with E-state index in [1.54, 1.807) is 78.6 Å². The van der Waals surface area contributed by atoms with Gasteiger partial charge in [0.1, 0.15) is 11.5 Å². The fraction of sp³-hybridized carbons (Fsp3) is 0.0938. The van der Waals surface area contributed by atoms with Gasteiger partial charge in [-0.25, -0.2) is 9.59 Å². The molecule has 0 N–H and O–H groups in total. The lowest BCUT2D eigenvalue weighted by molar-refractivity contribution is -0.113. The Morgan fingerprint density at radius 3 is 2.33 bits per heavy atom. The summed E-state index contributed by atoms with van der Waals surface area (Å²) in [6.45, 7) is 2.07. The summed E-state index contributed by atoms with van der Waals surface area (Å²) in [5.74, 6) is -0.0268. The summed E-state index contributed by atoms with van der Waals surface area (Å²) < 4.78 is 15.9. The molecule has 0 bridgehead atoms. The van der Waals surface area contributed by atoms with E-state index in [-0.39, 0.29) is 11.9 Å².